The fraction of sp³-hybridized carbons (Fsp3) is 0.370. The standard InChI is InChI=1S/C13H21B3O6Si2.C5H12O3Si.C3H9BO3.C3H7BO2.C3H5.BrH.Mg/c1-6-11-14-17-23(9-4)19-15(12-7-2)20-24(10-5,18-14)22-16(21-23)13-8-3;1-5-9(6-2,7-3)8-4;1-5-4(6-2)7-3;1-2-3-4(5)6;1-3-2;;/h6-10H,1-5,11-13H2;5H,1H2,2-4H3;1-3H3;2,5-6H,1,3H2;3H,1-2H2;1H;/q;;;;-1;;+2/p-1. The zero-order valence-corrected chi connectivity index (χ0v) is 37.1. The first-order valence-corrected chi connectivity index (χ1v) is 20.1. The van der Waals surface area contributed by atoms with Crippen LogP contribution in [-0.2, 0) is 53.3 Å². The fourth-order valence-electron chi connectivity index (χ4n) is 3.26. The molecule has 3 rings (SSSR count). The van der Waals surface area contributed by atoms with Crippen LogP contribution >= 0.6 is 0 Å². The Hall–Kier alpha value is -0.548. The Morgan fingerprint density at radius 1 is 0.627 bits per heavy atom. The van der Waals surface area contributed by atoms with Gasteiger partial charge in [0.15, 0.2) is 0 Å². The minimum absolute atomic E-state index is 0. The summed E-state index contributed by atoms with van der Waals surface area (Å²) in [6, 6.07) is 0. The number of rotatable bonds is 17. The van der Waals surface area contributed by atoms with E-state index in [2.05, 4.69) is 73.5 Å². The van der Waals surface area contributed by atoms with Gasteiger partial charge in [0.25, 0.3) is 0 Å². The molecule has 0 saturated carbocycles. The quantitative estimate of drug-likeness (QED) is 0.117. The summed E-state index contributed by atoms with van der Waals surface area (Å²) < 4.78 is 65.1. The summed E-state index contributed by atoms with van der Waals surface area (Å²) >= 11 is 0. The van der Waals surface area contributed by atoms with E-state index in [1.54, 1.807) is 56.7 Å². The van der Waals surface area contributed by atoms with E-state index in [9.17, 15) is 0 Å². The first-order chi connectivity index (χ1) is 23.3. The maximum Gasteiger partial charge on any atom is 2.00 e. The Bertz CT molecular complexity index is 861. The van der Waals surface area contributed by atoms with Crippen molar-refractivity contribution in [3.63, 3.8) is 0 Å². The van der Waals surface area contributed by atoms with Crippen LogP contribution in [0.15, 0.2) is 100 Å². The first kappa shape index (κ1) is 59.7. The van der Waals surface area contributed by atoms with Gasteiger partial charge in [-0.15, -0.1) is 39.5 Å². The maximum atomic E-state index is 8.04. The molecule has 0 atom stereocenters. The maximum absolute atomic E-state index is 8.04. The van der Waals surface area contributed by atoms with E-state index in [4.69, 9.17) is 49.4 Å². The minimum atomic E-state index is -3.31. The Kier molecular flexibility index (Phi) is 42.7. The smallest absolute Gasteiger partial charge is 1.00 e. The van der Waals surface area contributed by atoms with Gasteiger partial charge in [-0.3, -0.25) is 0 Å². The van der Waals surface area contributed by atoms with Crippen LogP contribution in [0.5, 0.6) is 0 Å². The largest absolute Gasteiger partial charge is 2.00 e. The predicted octanol–water partition coefficient (Wildman–Crippen LogP) is 0.239. The van der Waals surface area contributed by atoms with Crippen LogP contribution in [0, 0.1) is 6.92 Å². The van der Waals surface area contributed by atoms with E-state index in [1.807, 2.05) is 0 Å². The molecule has 0 amide bonds. The van der Waals surface area contributed by atoms with Crippen molar-refractivity contribution in [2.75, 3.05) is 42.7 Å². The monoisotopic (exact) mass is 844 g/mol. The van der Waals surface area contributed by atoms with Gasteiger partial charge in [0.05, 0.1) is 0 Å². The molecule has 0 aromatic heterocycles. The first-order valence-electron chi connectivity index (χ1n) is 14.7. The Morgan fingerprint density at radius 3 is 0.980 bits per heavy atom. The van der Waals surface area contributed by atoms with Crippen molar-refractivity contribution in [3.05, 3.63) is 107 Å². The molecule has 0 aliphatic carbocycles. The molecule has 282 valence electrons. The third kappa shape index (κ3) is 26.0. The van der Waals surface area contributed by atoms with Crippen LogP contribution in [0.25, 0.3) is 0 Å². The molecule has 3 saturated heterocycles. The summed E-state index contributed by atoms with van der Waals surface area (Å²) in [5.41, 5.74) is 4.66. The molecule has 0 radical (unpaired) electrons. The number of hydrogen-bond donors (Lipinski definition) is 2. The van der Waals surface area contributed by atoms with Crippen LogP contribution in [-0.4, -0.2) is 138 Å². The molecule has 0 aromatic rings. The summed E-state index contributed by atoms with van der Waals surface area (Å²) in [7, 11) is -3.65. The second kappa shape index (κ2) is 36.4. The number of fused-ring (bicyclic) bond motifs is 6. The molecule has 51 heavy (non-hydrogen) atoms. The molecule has 24 heteroatoms. The van der Waals surface area contributed by atoms with E-state index >= 15 is 0 Å². The zero-order valence-electron chi connectivity index (χ0n) is 31.1. The molecule has 14 nitrogen and oxygen atoms in total. The Labute approximate surface area is 338 Å². The Morgan fingerprint density at radius 2 is 0.902 bits per heavy atom. The van der Waals surface area contributed by atoms with Gasteiger partial charge in [0.2, 0.25) is 0 Å². The molecular weight excluding hydrogens is 791 g/mol. The molecule has 2 bridgehead atoms. The van der Waals surface area contributed by atoms with Crippen molar-refractivity contribution < 1.29 is 80.3 Å². The molecule has 0 unspecified atom stereocenters. The molecule has 0 spiro atoms. The van der Waals surface area contributed by atoms with Crippen LogP contribution in [0.4, 0.5) is 0 Å². The van der Waals surface area contributed by atoms with Crippen molar-refractivity contribution in [2.45, 2.75) is 25.3 Å². The number of halogens is 1. The third-order valence-corrected chi connectivity index (χ3v) is 12.2. The van der Waals surface area contributed by atoms with Crippen molar-refractivity contribution >= 4 is 85.3 Å². The summed E-state index contributed by atoms with van der Waals surface area (Å²) in [5.74, 6) is 0. The predicted molar refractivity (Wildman–Crippen MR) is 211 cm³/mol. The van der Waals surface area contributed by atoms with Crippen LogP contribution in [0.3, 0.4) is 0 Å². The molecule has 3 fully saturated rings. The summed E-state index contributed by atoms with van der Waals surface area (Å²) in [4.78, 5) is 0. The van der Waals surface area contributed by atoms with Crippen molar-refractivity contribution in [3.8, 4) is 0 Å². The topological polar surface area (TPSA) is 151 Å². The molecule has 0 aromatic carbocycles. The third-order valence-electron chi connectivity index (χ3n) is 5.41. The van der Waals surface area contributed by atoms with Crippen molar-refractivity contribution in [2.24, 2.45) is 0 Å². The van der Waals surface area contributed by atoms with E-state index in [0.29, 0.717) is 19.0 Å². The average Bonchev–Trinajstić information content (AvgIpc) is 3.06. The van der Waals surface area contributed by atoms with Crippen molar-refractivity contribution in [1.29, 1.82) is 0 Å². The summed E-state index contributed by atoms with van der Waals surface area (Å²) in [6.45, 7) is 32.1. The van der Waals surface area contributed by atoms with Gasteiger partial charge in [0.1, 0.15) is 0 Å². The van der Waals surface area contributed by atoms with Crippen LogP contribution in [0.1, 0.15) is 0 Å². The van der Waals surface area contributed by atoms with Gasteiger partial charge in [-0.1, -0.05) is 30.9 Å². The summed E-state index contributed by atoms with van der Waals surface area (Å²) in [6.07, 6.45) is 9.50. The number of hydrogen-bond acceptors (Lipinski definition) is 14. The normalized spacial score (nSPS) is 18.5. The van der Waals surface area contributed by atoms with Crippen molar-refractivity contribution in [1.82, 2.24) is 0 Å². The van der Waals surface area contributed by atoms with Gasteiger partial charge in [-0.2, -0.15) is 0 Å². The molecular formula is C27H54B5BrMgO14Si3. The number of allylic oxidation sites excluding steroid dienone is 5. The average molecular weight is 845 g/mol. The van der Waals surface area contributed by atoms with E-state index in [-0.39, 0.29) is 46.4 Å². The van der Waals surface area contributed by atoms with Gasteiger partial charge < -0.3 is 80.3 Å². The van der Waals surface area contributed by atoms with Crippen LogP contribution in [0.2, 0.25) is 25.3 Å². The second-order valence-electron chi connectivity index (χ2n) is 8.89. The Balaban J connectivity index is -0.000000216. The van der Waals surface area contributed by atoms with E-state index < -0.39 is 62.2 Å². The van der Waals surface area contributed by atoms with Gasteiger partial charge in [-0.25, -0.2) is 19.6 Å². The molecule has 3 heterocycles. The molecule has 3 aliphatic heterocycles. The van der Waals surface area contributed by atoms with Gasteiger partial charge >= 0.3 is 85.3 Å². The minimum Gasteiger partial charge on any atom is -1.00 e. The fourth-order valence-corrected chi connectivity index (χ4v) is 8.53. The van der Waals surface area contributed by atoms with E-state index in [1.165, 1.54) is 33.5 Å². The molecule has 2 N–H and O–H groups in total. The summed E-state index contributed by atoms with van der Waals surface area (Å²) in [5, 5.41) is 16.1. The second-order valence-corrected chi connectivity index (χ2v) is 16.4. The SMILES string of the molecule is C=CCB(O)O.C=CCB1O[Si]2(C=C)OB(CC=C)O[Si](C=C)(O1)OB(CC=C)O2.C=C[CH2-].C=C[Si](OC)(OC)OC.COB(OC)OC.[Br-].[Mg+2]. The van der Waals surface area contributed by atoms with Gasteiger partial charge in [-0.05, 0) is 42.4 Å². The van der Waals surface area contributed by atoms with Gasteiger partial charge in [0, 0.05) is 42.7 Å². The molecule has 3 aliphatic rings. The van der Waals surface area contributed by atoms with Crippen LogP contribution < -0.4 is 17.0 Å². The zero-order chi connectivity index (χ0) is 38.4. The van der Waals surface area contributed by atoms with E-state index in [0.717, 1.165) is 0 Å².